The Kier molecular flexibility index (Phi) is 3.14. The summed E-state index contributed by atoms with van der Waals surface area (Å²) >= 11 is 0. The smallest absolute Gasteiger partial charge is 0.0669 e. The molecule has 1 rings (SSSR count). The molecule has 0 aliphatic heterocycles. The first kappa shape index (κ1) is 10.6. The zero-order chi connectivity index (χ0) is 10.7. The lowest BCUT2D eigenvalue weighted by Crippen LogP contribution is -2.00. The number of benzene rings is 1. The Bertz CT molecular complexity index is 373. The van der Waals surface area contributed by atoms with Crippen LogP contribution in [0.15, 0.2) is 12.1 Å². The van der Waals surface area contributed by atoms with Gasteiger partial charge in [-0.2, -0.15) is 5.26 Å². The van der Waals surface area contributed by atoms with E-state index in [1.165, 1.54) is 0 Å². The number of nitrogen functional groups attached to an aromatic ring is 1. The lowest BCUT2D eigenvalue weighted by molar-refractivity contribution is 0.866. The van der Waals surface area contributed by atoms with E-state index >= 15 is 0 Å². The Hall–Kier alpha value is -1.49. The van der Waals surface area contributed by atoms with E-state index in [0.717, 1.165) is 22.4 Å². The lowest BCUT2D eigenvalue weighted by Gasteiger charge is -2.12. The summed E-state index contributed by atoms with van der Waals surface area (Å²) in [6.07, 6.45) is 0.464. The number of nitrogens with zero attached hydrogens (tertiary/aromatic N) is 1. The molecule has 0 saturated carbocycles. The van der Waals surface area contributed by atoms with Gasteiger partial charge >= 0.3 is 0 Å². The number of hydrogen-bond acceptors (Lipinski definition) is 2. The van der Waals surface area contributed by atoms with Gasteiger partial charge in [-0.15, -0.1) is 0 Å². The van der Waals surface area contributed by atoms with E-state index in [1.807, 2.05) is 13.0 Å². The van der Waals surface area contributed by atoms with Gasteiger partial charge in [0.15, 0.2) is 0 Å². The Morgan fingerprint density at radius 2 is 2.07 bits per heavy atom. The summed E-state index contributed by atoms with van der Waals surface area (Å²) in [6, 6.07) is 6.18. The first-order valence-corrected chi connectivity index (χ1v) is 4.82. The average Bonchev–Trinajstić information content (AvgIpc) is 2.09. The van der Waals surface area contributed by atoms with E-state index in [4.69, 9.17) is 11.0 Å². The average molecular weight is 188 g/mol. The minimum Gasteiger partial charge on any atom is -0.398 e. The fourth-order valence-corrected chi connectivity index (χ4v) is 1.57. The summed E-state index contributed by atoms with van der Waals surface area (Å²) in [5, 5.41) is 8.66. The minimum absolute atomic E-state index is 0.410. The van der Waals surface area contributed by atoms with Gasteiger partial charge in [0, 0.05) is 5.69 Å². The number of aryl methyl sites for hydroxylation is 1. The van der Waals surface area contributed by atoms with E-state index in [1.54, 1.807) is 0 Å². The Morgan fingerprint density at radius 1 is 1.43 bits per heavy atom. The van der Waals surface area contributed by atoms with Gasteiger partial charge in [0.1, 0.15) is 0 Å². The molecule has 0 heterocycles. The van der Waals surface area contributed by atoms with Gasteiger partial charge in [0.2, 0.25) is 0 Å². The fourth-order valence-electron chi connectivity index (χ4n) is 1.57. The highest BCUT2D eigenvalue weighted by Crippen LogP contribution is 2.25. The molecule has 0 fully saturated rings. The normalized spacial score (nSPS) is 10.2. The predicted molar refractivity (Wildman–Crippen MR) is 59.0 cm³/mol. The zero-order valence-electron chi connectivity index (χ0n) is 8.96. The molecular weight excluding hydrogens is 172 g/mol. The van der Waals surface area contributed by atoms with Crippen LogP contribution in [0, 0.1) is 18.3 Å². The molecule has 0 bridgehead atoms. The molecule has 74 valence electrons. The van der Waals surface area contributed by atoms with E-state index in [0.29, 0.717) is 12.3 Å². The second-order valence-electron chi connectivity index (χ2n) is 3.90. The highest BCUT2D eigenvalue weighted by molar-refractivity contribution is 5.53. The molecule has 2 N–H and O–H groups in total. The highest BCUT2D eigenvalue weighted by atomic mass is 14.6. The van der Waals surface area contributed by atoms with Crippen LogP contribution in [0.2, 0.25) is 0 Å². The van der Waals surface area contributed by atoms with Gasteiger partial charge in [-0.3, -0.25) is 0 Å². The van der Waals surface area contributed by atoms with Crippen molar-refractivity contribution in [3.05, 3.63) is 28.8 Å². The Labute approximate surface area is 85.4 Å². The number of hydrogen-bond donors (Lipinski definition) is 1. The minimum atomic E-state index is 0.410. The summed E-state index contributed by atoms with van der Waals surface area (Å²) < 4.78 is 0. The molecule has 2 nitrogen and oxygen atoms in total. The third kappa shape index (κ3) is 2.05. The third-order valence-electron chi connectivity index (χ3n) is 2.43. The van der Waals surface area contributed by atoms with Crippen molar-refractivity contribution in [1.29, 1.82) is 5.26 Å². The van der Waals surface area contributed by atoms with E-state index in [-0.39, 0.29) is 0 Å². The number of anilines is 1. The Balaban J connectivity index is 3.21. The van der Waals surface area contributed by atoms with Crippen LogP contribution < -0.4 is 5.73 Å². The fraction of sp³-hybridized carbons (Fsp3) is 0.417. The molecule has 14 heavy (non-hydrogen) atoms. The maximum absolute atomic E-state index is 8.66. The molecule has 0 atom stereocenters. The summed E-state index contributed by atoms with van der Waals surface area (Å²) in [5.41, 5.74) is 10.1. The van der Waals surface area contributed by atoms with Crippen LogP contribution in [0.1, 0.15) is 36.5 Å². The molecule has 0 unspecified atom stereocenters. The largest absolute Gasteiger partial charge is 0.398 e. The molecule has 0 radical (unpaired) electrons. The molecule has 1 aromatic rings. The van der Waals surface area contributed by atoms with Crippen molar-refractivity contribution in [2.24, 2.45) is 0 Å². The van der Waals surface area contributed by atoms with Crippen LogP contribution in [-0.2, 0) is 6.42 Å². The van der Waals surface area contributed by atoms with Crippen LogP contribution >= 0.6 is 0 Å². The molecule has 1 aromatic carbocycles. The standard InChI is InChI=1S/C12H16N2/c1-8(2)11-7-10(4-5-13)9(3)6-12(11)14/h6-8H,4,14H2,1-3H3. The monoisotopic (exact) mass is 188 g/mol. The predicted octanol–water partition coefficient (Wildman–Crippen LogP) is 2.77. The van der Waals surface area contributed by atoms with Gasteiger partial charge in [-0.1, -0.05) is 19.9 Å². The van der Waals surface area contributed by atoms with Crippen molar-refractivity contribution in [2.75, 3.05) is 5.73 Å². The molecule has 0 aromatic heterocycles. The first-order chi connectivity index (χ1) is 6.56. The van der Waals surface area contributed by atoms with E-state index in [2.05, 4.69) is 26.0 Å². The Morgan fingerprint density at radius 3 is 2.57 bits per heavy atom. The van der Waals surface area contributed by atoms with Gasteiger partial charge in [-0.05, 0) is 35.6 Å². The van der Waals surface area contributed by atoms with Crippen molar-refractivity contribution in [1.82, 2.24) is 0 Å². The van der Waals surface area contributed by atoms with Gasteiger partial charge in [0.25, 0.3) is 0 Å². The molecule has 0 amide bonds. The third-order valence-corrected chi connectivity index (χ3v) is 2.43. The summed E-state index contributed by atoms with van der Waals surface area (Å²) in [7, 11) is 0. The van der Waals surface area contributed by atoms with Crippen molar-refractivity contribution in [3.63, 3.8) is 0 Å². The van der Waals surface area contributed by atoms with Gasteiger partial charge < -0.3 is 5.73 Å². The molecule has 0 saturated heterocycles. The van der Waals surface area contributed by atoms with E-state index in [9.17, 15) is 0 Å². The zero-order valence-corrected chi connectivity index (χ0v) is 8.96. The van der Waals surface area contributed by atoms with Crippen LogP contribution in [0.25, 0.3) is 0 Å². The molecule has 0 aliphatic carbocycles. The van der Waals surface area contributed by atoms with Gasteiger partial charge in [0.05, 0.1) is 12.5 Å². The first-order valence-electron chi connectivity index (χ1n) is 4.82. The topological polar surface area (TPSA) is 49.8 Å². The van der Waals surface area contributed by atoms with Crippen LogP contribution in [0.3, 0.4) is 0 Å². The second-order valence-corrected chi connectivity index (χ2v) is 3.90. The van der Waals surface area contributed by atoms with Crippen molar-refractivity contribution >= 4 is 5.69 Å². The number of nitrogens with two attached hydrogens (primary N) is 1. The van der Waals surface area contributed by atoms with Crippen molar-refractivity contribution in [2.45, 2.75) is 33.1 Å². The summed E-state index contributed by atoms with van der Waals surface area (Å²) in [6.45, 7) is 6.21. The molecular formula is C12H16N2. The summed E-state index contributed by atoms with van der Waals surface area (Å²) in [4.78, 5) is 0. The van der Waals surface area contributed by atoms with Crippen molar-refractivity contribution in [3.8, 4) is 6.07 Å². The van der Waals surface area contributed by atoms with Crippen molar-refractivity contribution < 1.29 is 0 Å². The maximum Gasteiger partial charge on any atom is 0.0669 e. The van der Waals surface area contributed by atoms with Crippen LogP contribution in [0.4, 0.5) is 5.69 Å². The maximum atomic E-state index is 8.66. The number of nitriles is 1. The lowest BCUT2D eigenvalue weighted by atomic mass is 9.95. The number of rotatable bonds is 2. The molecule has 0 spiro atoms. The van der Waals surface area contributed by atoms with Gasteiger partial charge in [-0.25, -0.2) is 0 Å². The quantitative estimate of drug-likeness (QED) is 0.725. The van der Waals surface area contributed by atoms with Crippen LogP contribution in [-0.4, -0.2) is 0 Å². The highest BCUT2D eigenvalue weighted by Gasteiger charge is 2.07. The summed E-state index contributed by atoms with van der Waals surface area (Å²) in [5.74, 6) is 0.410. The van der Waals surface area contributed by atoms with Crippen LogP contribution in [0.5, 0.6) is 0 Å². The molecule has 0 aliphatic rings. The van der Waals surface area contributed by atoms with E-state index < -0.39 is 0 Å². The second kappa shape index (κ2) is 4.15. The molecule has 2 heteroatoms. The SMILES string of the molecule is Cc1cc(N)c(C(C)C)cc1CC#N.